The van der Waals surface area contributed by atoms with Crippen LogP contribution in [0.5, 0.6) is 0 Å². The van der Waals surface area contributed by atoms with Gasteiger partial charge in [0.1, 0.15) is 5.69 Å². The Bertz CT molecular complexity index is 1160. The van der Waals surface area contributed by atoms with Crippen LogP contribution < -0.4 is 0 Å². The maximum atomic E-state index is 5.98. The number of hydrogen-bond donors (Lipinski definition) is 0. The highest BCUT2D eigenvalue weighted by atomic mass is 16.4. The van der Waals surface area contributed by atoms with Crippen LogP contribution in [-0.4, -0.2) is 34.9 Å². The lowest BCUT2D eigenvalue weighted by Crippen LogP contribution is -2.14. The highest BCUT2D eigenvalue weighted by molar-refractivity contribution is 5.90. The third kappa shape index (κ3) is 2.99. The molecule has 0 unspecified atom stereocenters. The predicted molar refractivity (Wildman–Crippen MR) is 106 cm³/mol. The van der Waals surface area contributed by atoms with Crippen molar-refractivity contribution >= 4 is 11.0 Å². The van der Waals surface area contributed by atoms with Crippen molar-refractivity contribution in [3.8, 4) is 23.0 Å². The van der Waals surface area contributed by atoms with Crippen molar-refractivity contribution in [2.75, 3.05) is 0 Å². The van der Waals surface area contributed by atoms with Gasteiger partial charge in [-0.3, -0.25) is 4.98 Å². The van der Waals surface area contributed by atoms with E-state index in [1.54, 1.807) is 18.6 Å². The summed E-state index contributed by atoms with van der Waals surface area (Å²) in [6, 6.07) is 2.52. The molecule has 2 aliphatic carbocycles. The molecule has 4 aromatic heterocycles. The monoisotopic (exact) mass is 387 g/mol. The van der Waals surface area contributed by atoms with Gasteiger partial charge in [-0.15, -0.1) is 10.2 Å². The zero-order valence-corrected chi connectivity index (χ0v) is 16.0. The van der Waals surface area contributed by atoms with Gasteiger partial charge in [0, 0.05) is 24.0 Å². The van der Waals surface area contributed by atoms with Gasteiger partial charge in [0.2, 0.25) is 5.89 Å². The lowest BCUT2D eigenvalue weighted by molar-refractivity contribution is 0.335. The molecule has 0 N–H and O–H groups in total. The fourth-order valence-corrected chi connectivity index (χ4v) is 4.24. The minimum Gasteiger partial charge on any atom is -0.415 e. The largest absolute Gasteiger partial charge is 0.415 e. The zero-order chi connectivity index (χ0) is 19.2. The molecule has 0 spiro atoms. The molecule has 0 bridgehead atoms. The Morgan fingerprint density at radius 2 is 1.79 bits per heavy atom. The maximum Gasteiger partial charge on any atom is 0.268 e. The molecule has 2 fully saturated rings. The van der Waals surface area contributed by atoms with Crippen molar-refractivity contribution in [1.82, 2.24) is 34.9 Å². The topological polar surface area (TPSA) is 95.4 Å². The Balaban J connectivity index is 1.48. The lowest BCUT2D eigenvalue weighted by Gasteiger charge is -2.22. The average Bonchev–Trinajstić information content (AvgIpc) is 3.36. The Morgan fingerprint density at radius 3 is 2.59 bits per heavy atom. The third-order valence-electron chi connectivity index (χ3n) is 5.94. The average molecular weight is 387 g/mol. The van der Waals surface area contributed by atoms with Gasteiger partial charge in [-0.05, 0) is 31.7 Å². The molecule has 0 aliphatic heterocycles. The number of fused-ring (bicyclic) bond motifs is 1. The predicted octanol–water partition coefficient (Wildman–Crippen LogP) is 4.32. The molecule has 0 aromatic carbocycles. The van der Waals surface area contributed by atoms with Gasteiger partial charge in [0.15, 0.2) is 5.65 Å². The highest BCUT2D eigenvalue weighted by Gasteiger charge is 2.29. The molecular weight excluding hydrogens is 366 g/mol. The van der Waals surface area contributed by atoms with Crippen LogP contribution in [0.25, 0.3) is 34.1 Å². The minimum atomic E-state index is 0.366. The van der Waals surface area contributed by atoms with Crippen molar-refractivity contribution in [2.45, 2.75) is 56.9 Å². The summed E-state index contributed by atoms with van der Waals surface area (Å²) >= 11 is 0. The highest BCUT2D eigenvalue weighted by Crippen LogP contribution is 2.42. The minimum absolute atomic E-state index is 0.366. The lowest BCUT2D eigenvalue weighted by atomic mass is 9.95. The second kappa shape index (κ2) is 6.72. The van der Waals surface area contributed by atoms with E-state index in [1.165, 1.54) is 44.9 Å². The number of nitrogens with zero attached hydrogens (tertiary/aromatic N) is 7. The Labute approximate surface area is 167 Å². The first kappa shape index (κ1) is 16.8. The van der Waals surface area contributed by atoms with Crippen molar-refractivity contribution in [2.24, 2.45) is 0 Å². The summed E-state index contributed by atoms with van der Waals surface area (Å²) in [4.78, 5) is 13.3. The van der Waals surface area contributed by atoms with E-state index in [1.807, 2.05) is 6.20 Å². The molecule has 146 valence electrons. The Kier molecular flexibility index (Phi) is 3.88. The molecule has 0 saturated heterocycles. The normalized spacial score (nSPS) is 17.8. The first-order chi connectivity index (χ1) is 14.4. The van der Waals surface area contributed by atoms with Gasteiger partial charge in [-0.25, -0.2) is 14.6 Å². The van der Waals surface area contributed by atoms with Crippen molar-refractivity contribution in [3.05, 3.63) is 36.5 Å². The van der Waals surface area contributed by atoms with Crippen LogP contribution in [0.15, 0.2) is 35.3 Å². The number of aromatic nitrogens is 7. The molecule has 29 heavy (non-hydrogen) atoms. The van der Waals surface area contributed by atoms with E-state index in [2.05, 4.69) is 30.9 Å². The molecule has 0 radical (unpaired) electrons. The van der Waals surface area contributed by atoms with Crippen molar-refractivity contribution in [1.29, 1.82) is 0 Å². The summed E-state index contributed by atoms with van der Waals surface area (Å²) in [5.41, 5.74) is 3.51. The van der Waals surface area contributed by atoms with Crippen LogP contribution in [0.1, 0.15) is 62.6 Å². The Morgan fingerprint density at radius 1 is 0.931 bits per heavy atom. The second-order valence-electron chi connectivity index (χ2n) is 7.99. The van der Waals surface area contributed by atoms with Crippen LogP contribution in [0.4, 0.5) is 0 Å². The summed E-state index contributed by atoms with van der Waals surface area (Å²) < 4.78 is 8.11. The van der Waals surface area contributed by atoms with Crippen LogP contribution in [0, 0.1) is 0 Å². The first-order valence-corrected chi connectivity index (χ1v) is 10.4. The number of rotatable bonds is 4. The van der Waals surface area contributed by atoms with E-state index < -0.39 is 0 Å². The van der Waals surface area contributed by atoms with Gasteiger partial charge < -0.3 is 4.42 Å². The smallest absolute Gasteiger partial charge is 0.268 e. The van der Waals surface area contributed by atoms with Crippen molar-refractivity contribution < 1.29 is 4.42 Å². The van der Waals surface area contributed by atoms with E-state index in [9.17, 15) is 0 Å². The third-order valence-corrected chi connectivity index (χ3v) is 5.94. The van der Waals surface area contributed by atoms with Crippen LogP contribution in [-0.2, 0) is 0 Å². The van der Waals surface area contributed by atoms with E-state index >= 15 is 0 Å². The molecule has 8 heteroatoms. The summed E-state index contributed by atoms with van der Waals surface area (Å²) in [7, 11) is 0. The zero-order valence-electron chi connectivity index (χ0n) is 16.0. The SMILES string of the molecule is c1cnc(-c2nnc(-c3cc(C4CC4)nc4c3cnn4C3CCCCC3)o2)cn1. The second-order valence-corrected chi connectivity index (χ2v) is 7.99. The molecule has 0 amide bonds. The van der Waals surface area contributed by atoms with E-state index in [0.29, 0.717) is 29.4 Å². The summed E-state index contributed by atoms with van der Waals surface area (Å²) in [6.07, 6.45) is 15.3. The quantitative estimate of drug-likeness (QED) is 0.514. The van der Waals surface area contributed by atoms with Gasteiger partial charge >= 0.3 is 0 Å². The summed E-state index contributed by atoms with van der Waals surface area (Å²) in [5, 5.41) is 14.2. The molecule has 2 saturated carbocycles. The first-order valence-electron chi connectivity index (χ1n) is 10.4. The standard InChI is InChI=1S/C21H21N7O/c1-2-4-14(5-3-1)28-19-16(11-24-28)15(10-17(25-19)13-6-7-13)20-26-27-21(29-20)18-12-22-8-9-23-18/h8-14H,1-7H2. The molecule has 2 aliphatic rings. The van der Waals surface area contributed by atoms with Gasteiger partial charge in [-0.2, -0.15) is 5.10 Å². The summed E-state index contributed by atoms with van der Waals surface area (Å²) in [6.45, 7) is 0. The number of hydrogen-bond acceptors (Lipinski definition) is 7. The van der Waals surface area contributed by atoms with E-state index in [0.717, 1.165) is 22.3 Å². The molecular formula is C21H21N7O. The molecule has 4 aromatic rings. The Hall–Kier alpha value is -3.16. The van der Waals surface area contributed by atoms with Crippen LogP contribution in [0.2, 0.25) is 0 Å². The molecule has 0 atom stereocenters. The maximum absolute atomic E-state index is 5.98. The molecule has 6 rings (SSSR count). The van der Waals surface area contributed by atoms with Gasteiger partial charge in [0.05, 0.1) is 29.4 Å². The van der Waals surface area contributed by atoms with E-state index in [-0.39, 0.29) is 0 Å². The molecule has 8 nitrogen and oxygen atoms in total. The van der Waals surface area contributed by atoms with Gasteiger partial charge in [0.25, 0.3) is 5.89 Å². The van der Waals surface area contributed by atoms with E-state index in [4.69, 9.17) is 14.5 Å². The number of pyridine rings is 1. The fourth-order valence-electron chi connectivity index (χ4n) is 4.24. The summed E-state index contributed by atoms with van der Waals surface area (Å²) in [5.74, 6) is 1.36. The van der Waals surface area contributed by atoms with Gasteiger partial charge in [-0.1, -0.05) is 19.3 Å². The fraction of sp³-hybridized carbons (Fsp3) is 0.429. The van der Waals surface area contributed by atoms with Crippen LogP contribution >= 0.6 is 0 Å². The molecule has 4 heterocycles. The van der Waals surface area contributed by atoms with Crippen molar-refractivity contribution in [3.63, 3.8) is 0 Å². The van der Waals surface area contributed by atoms with Crippen LogP contribution in [0.3, 0.4) is 0 Å².